The minimum Gasteiger partial charge on any atom is -0.449 e. The molecule has 0 aliphatic heterocycles. The first-order chi connectivity index (χ1) is 17.1. The van der Waals surface area contributed by atoms with E-state index in [2.05, 4.69) is 9.47 Å². The molecule has 0 aliphatic carbocycles. The number of halogens is 6. The first-order valence-corrected chi connectivity index (χ1v) is 10.8. The topological polar surface area (TPSA) is 112 Å². The number of benzene rings is 2. The molecule has 0 radical (unpaired) electrons. The molecule has 0 unspecified atom stereocenters. The molecule has 0 bridgehead atoms. The lowest BCUT2D eigenvalue weighted by molar-refractivity contribution is 0.152. The van der Waals surface area contributed by atoms with Crippen molar-refractivity contribution in [2.24, 2.45) is 0 Å². The summed E-state index contributed by atoms with van der Waals surface area (Å²) in [7, 11) is 0. The van der Waals surface area contributed by atoms with Gasteiger partial charge in [0.2, 0.25) is 0 Å². The first-order valence-electron chi connectivity index (χ1n) is 10.0. The van der Waals surface area contributed by atoms with Crippen molar-refractivity contribution in [3.05, 3.63) is 45.9 Å². The third kappa shape index (κ3) is 8.96. The predicted octanol–water partition coefficient (Wildman–Crippen LogP) is 6.67. The van der Waals surface area contributed by atoms with E-state index in [1.54, 1.807) is 0 Å². The maximum absolute atomic E-state index is 14.1. The molecule has 2 N–H and O–H groups in total. The molecule has 2 aromatic carbocycles. The Bertz CT molecular complexity index is 1020. The van der Waals surface area contributed by atoms with E-state index in [1.807, 2.05) is 10.6 Å². The van der Waals surface area contributed by atoms with E-state index in [9.17, 15) is 31.9 Å². The summed E-state index contributed by atoms with van der Waals surface area (Å²) >= 11 is 11.7. The highest BCUT2D eigenvalue weighted by atomic mass is 35.5. The van der Waals surface area contributed by atoms with E-state index in [0.717, 1.165) is 24.3 Å². The van der Waals surface area contributed by atoms with Crippen molar-refractivity contribution < 1.29 is 50.9 Å². The third-order valence-electron chi connectivity index (χ3n) is 3.93. The van der Waals surface area contributed by atoms with E-state index in [0.29, 0.717) is 0 Å². The quantitative estimate of drug-likeness (QED) is 0.145. The zero-order chi connectivity index (χ0) is 26.7. The van der Waals surface area contributed by atoms with Crippen LogP contribution in [0.5, 0.6) is 11.5 Å². The Morgan fingerprint density at radius 2 is 1.11 bits per heavy atom. The van der Waals surface area contributed by atoms with Crippen LogP contribution < -0.4 is 20.1 Å². The summed E-state index contributed by atoms with van der Waals surface area (Å²) in [6.07, 6.45) is -3.76. The highest BCUT2D eigenvalue weighted by Gasteiger charge is 2.19. The Morgan fingerprint density at radius 3 is 1.47 bits per heavy atom. The van der Waals surface area contributed by atoms with Crippen LogP contribution in [0.1, 0.15) is 12.8 Å². The van der Waals surface area contributed by atoms with Gasteiger partial charge in [0, 0.05) is 25.0 Å². The highest BCUT2D eigenvalue weighted by Crippen LogP contribution is 2.33. The molecule has 0 fully saturated rings. The number of alkyl halides is 2. The van der Waals surface area contributed by atoms with Gasteiger partial charge in [0.15, 0.2) is 11.5 Å². The van der Waals surface area contributed by atoms with Gasteiger partial charge in [-0.3, -0.25) is 19.4 Å². The lowest BCUT2D eigenvalue weighted by Gasteiger charge is -2.13. The summed E-state index contributed by atoms with van der Waals surface area (Å²) in [5, 5.41) is 3.30. The Balaban J connectivity index is 2.10. The van der Waals surface area contributed by atoms with Crippen molar-refractivity contribution in [1.29, 1.82) is 0 Å². The van der Waals surface area contributed by atoms with Crippen LogP contribution in [0, 0.1) is 11.6 Å². The summed E-state index contributed by atoms with van der Waals surface area (Å²) in [5.74, 6) is -2.90. The molecule has 196 valence electrons. The number of hydrogen-bond donors (Lipinski definition) is 2. The standard InChI is InChI=1S/C21H18Cl2F4N2O7/c22-11-7-13(26)15(28-19(30)33-5-1-3-24)9-17(11)35-21(32)36-18-10-16(14(27)8-12(18)23)29-20(31)34-6-2-4-25/h7-10H,1-6H2,(H,28,30)(H,29,31). The van der Waals surface area contributed by atoms with Crippen LogP contribution in [0.25, 0.3) is 0 Å². The second-order valence-electron chi connectivity index (χ2n) is 6.59. The fraction of sp³-hybridized carbons (Fsp3) is 0.286. The van der Waals surface area contributed by atoms with Crippen molar-refractivity contribution in [3.8, 4) is 11.5 Å². The molecule has 0 heterocycles. The van der Waals surface area contributed by atoms with Crippen LogP contribution in [-0.2, 0) is 9.47 Å². The van der Waals surface area contributed by atoms with Gasteiger partial charge in [0.1, 0.15) is 11.6 Å². The molecule has 9 nitrogen and oxygen atoms in total. The van der Waals surface area contributed by atoms with Gasteiger partial charge in [-0.15, -0.1) is 0 Å². The molecule has 2 aromatic rings. The predicted molar refractivity (Wildman–Crippen MR) is 121 cm³/mol. The molecular weight excluding hydrogens is 539 g/mol. The summed E-state index contributed by atoms with van der Waals surface area (Å²) in [5.41, 5.74) is -0.963. The van der Waals surface area contributed by atoms with Crippen molar-refractivity contribution in [2.75, 3.05) is 37.2 Å². The molecule has 0 spiro atoms. The van der Waals surface area contributed by atoms with Gasteiger partial charge in [-0.25, -0.2) is 23.2 Å². The summed E-state index contributed by atoms with van der Waals surface area (Å²) in [6, 6.07) is 3.15. The van der Waals surface area contributed by atoms with Crippen LogP contribution in [0.15, 0.2) is 24.3 Å². The van der Waals surface area contributed by atoms with Crippen LogP contribution in [0.3, 0.4) is 0 Å². The normalized spacial score (nSPS) is 10.4. The molecule has 15 heteroatoms. The third-order valence-corrected chi connectivity index (χ3v) is 4.52. The summed E-state index contributed by atoms with van der Waals surface area (Å²) < 4.78 is 71.4. The Labute approximate surface area is 211 Å². The molecule has 0 atom stereocenters. The Morgan fingerprint density at radius 1 is 0.722 bits per heavy atom. The van der Waals surface area contributed by atoms with Crippen molar-refractivity contribution >= 4 is 52.9 Å². The van der Waals surface area contributed by atoms with E-state index in [1.165, 1.54) is 0 Å². The van der Waals surface area contributed by atoms with Gasteiger partial charge in [-0.05, 0) is 12.1 Å². The number of nitrogens with one attached hydrogen (secondary N) is 2. The van der Waals surface area contributed by atoms with E-state index in [-0.39, 0.29) is 36.1 Å². The van der Waals surface area contributed by atoms with Gasteiger partial charge in [0.05, 0.1) is 48.0 Å². The summed E-state index contributed by atoms with van der Waals surface area (Å²) in [4.78, 5) is 35.5. The maximum atomic E-state index is 14.1. The van der Waals surface area contributed by atoms with Crippen LogP contribution in [0.4, 0.5) is 43.3 Å². The monoisotopic (exact) mass is 556 g/mol. The van der Waals surface area contributed by atoms with Gasteiger partial charge in [0.25, 0.3) is 0 Å². The lowest BCUT2D eigenvalue weighted by Crippen LogP contribution is -2.18. The van der Waals surface area contributed by atoms with Gasteiger partial charge >= 0.3 is 18.3 Å². The largest absolute Gasteiger partial charge is 0.519 e. The van der Waals surface area contributed by atoms with E-state index < -0.39 is 66.2 Å². The Hall–Kier alpha value is -3.45. The van der Waals surface area contributed by atoms with Gasteiger partial charge < -0.3 is 18.9 Å². The molecule has 2 rings (SSSR count). The van der Waals surface area contributed by atoms with Crippen LogP contribution >= 0.6 is 23.2 Å². The number of hydrogen-bond acceptors (Lipinski definition) is 7. The zero-order valence-electron chi connectivity index (χ0n) is 18.2. The van der Waals surface area contributed by atoms with Gasteiger partial charge in [-0.1, -0.05) is 23.2 Å². The minimum absolute atomic E-state index is 0.0553. The second kappa shape index (κ2) is 14.2. The number of amides is 2. The molecule has 0 aromatic heterocycles. The molecule has 0 saturated heterocycles. The maximum Gasteiger partial charge on any atom is 0.519 e. The highest BCUT2D eigenvalue weighted by molar-refractivity contribution is 6.32. The fourth-order valence-corrected chi connectivity index (χ4v) is 2.72. The molecule has 36 heavy (non-hydrogen) atoms. The first kappa shape index (κ1) is 28.8. The van der Waals surface area contributed by atoms with Gasteiger partial charge in [-0.2, -0.15) is 0 Å². The molecule has 0 aliphatic rings. The number of carbonyl (C=O) groups is 3. The fourth-order valence-electron chi connectivity index (χ4n) is 2.34. The van der Waals surface area contributed by atoms with Crippen molar-refractivity contribution in [3.63, 3.8) is 0 Å². The van der Waals surface area contributed by atoms with Crippen LogP contribution in [0.2, 0.25) is 10.0 Å². The second-order valence-corrected chi connectivity index (χ2v) is 7.40. The zero-order valence-corrected chi connectivity index (χ0v) is 19.7. The minimum atomic E-state index is -1.45. The smallest absolute Gasteiger partial charge is 0.449 e. The van der Waals surface area contributed by atoms with E-state index >= 15 is 0 Å². The van der Waals surface area contributed by atoms with Crippen molar-refractivity contribution in [2.45, 2.75) is 12.8 Å². The number of carbonyl (C=O) groups excluding carboxylic acids is 3. The number of ether oxygens (including phenoxy) is 4. The molecule has 2 amide bonds. The summed E-state index contributed by atoms with van der Waals surface area (Å²) in [6.45, 7) is -1.94. The number of anilines is 2. The number of rotatable bonds is 10. The molecular formula is C21H18Cl2F4N2O7. The van der Waals surface area contributed by atoms with Crippen LogP contribution in [-0.4, -0.2) is 44.9 Å². The average Bonchev–Trinajstić information content (AvgIpc) is 2.80. The SMILES string of the molecule is O=C(Nc1cc(OC(=O)Oc2cc(NC(=O)OCCCF)c(F)cc2Cl)c(Cl)cc1F)OCCCF. The average molecular weight is 557 g/mol. The van der Waals surface area contributed by atoms with E-state index in [4.69, 9.17) is 32.7 Å². The lowest BCUT2D eigenvalue weighted by atomic mass is 10.3. The molecule has 0 saturated carbocycles. The van der Waals surface area contributed by atoms with Crippen molar-refractivity contribution in [1.82, 2.24) is 0 Å². The Kier molecular flexibility index (Phi) is 11.3.